The van der Waals surface area contributed by atoms with Crippen molar-refractivity contribution in [2.24, 2.45) is 0 Å². The Morgan fingerprint density at radius 3 is 2.33 bits per heavy atom. The maximum Gasteiger partial charge on any atom is 0.420 e. The van der Waals surface area contributed by atoms with E-state index < -0.39 is 17.5 Å². The molecule has 0 aliphatic heterocycles. The molecule has 170 valence electrons. The van der Waals surface area contributed by atoms with Gasteiger partial charge in [-0.3, -0.25) is 9.36 Å². The quantitative estimate of drug-likeness (QED) is 0.455. The number of nitrogens with one attached hydrogen (secondary N) is 1. The highest BCUT2D eigenvalue weighted by Crippen LogP contribution is 2.38. The Balaban J connectivity index is 1.62. The number of carbonyl (C=O) groups is 1. The van der Waals surface area contributed by atoms with Crippen molar-refractivity contribution in [2.45, 2.75) is 6.54 Å². The van der Waals surface area contributed by atoms with Gasteiger partial charge in [-0.1, -0.05) is 18.2 Å². The minimum Gasteiger partial charge on any atom is -0.493 e. The highest BCUT2D eigenvalue weighted by atomic mass is 19.1. The maximum atomic E-state index is 14.0. The van der Waals surface area contributed by atoms with Crippen molar-refractivity contribution in [1.29, 1.82) is 0 Å². The molecule has 1 aromatic heterocycles. The number of aromatic nitrogens is 1. The van der Waals surface area contributed by atoms with Crippen LogP contribution in [0.1, 0.15) is 15.9 Å². The first-order valence-corrected chi connectivity index (χ1v) is 9.93. The number of benzene rings is 3. The van der Waals surface area contributed by atoms with Crippen LogP contribution in [-0.4, -0.2) is 31.8 Å². The Hall–Kier alpha value is -4.27. The van der Waals surface area contributed by atoms with E-state index in [1.807, 2.05) is 0 Å². The first-order chi connectivity index (χ1) is 15.9. The Morgan fingerprint density at radius 2 is 1.70 bits per heavy atom. The number of oxazole rings is 1. The van der Waals surface area contributed by atoms with Crippen LogP contribution >= 0.6 is 0 Å². The van der Waals surface area contributed by atoms with Crippen LogP contribution in [0.3, 0.4) is 0 Å². The molecule has 0 unspecified atom stereocenters. The summed E-state index contributed by atoms with van der Waals surface area (Å²) in [5, 5.41) is 2.76. The van der Waals surface area contributed by atoms with Gasteiger partial charge in [-0.15, -0.1) is 0 Å². The van der Waals surface area contributed by atoms with Crippen LogP contribution in [-0.2, 0) is 6.54 Å². The van der Waals surface area contributed by atoms with E-state index in [1.54, 1.807) is 30.3 Å². The second-order valence-corrected chi connectivity index (χ2v) is 7.10. The maximum absolute atomic E-state index is 14.0. The molecule has 3 aromatic carbocycles. The lowest BCUT2D eigenvalue weighted by molar-refractivity contribution is 0.102. The number of amides is 1. The third-order valence-electron chi connectivity index (χ3n) is 5.14. The first-order valence-electron chi connectivity index (χ1n) is 9.93. The molecule has 9 heteroatoms. The molecule has 0 aliphatic carbocycles. The van der Waals surface area contributed by atoms with Gasteiger partial charge in [0.2, 0.25) is 5.75 Å². The fourth-order valence-electron chi connectivity index (χ4n) is 3.51. The van der Waals surface area contributed by atoms with Gasteiger partial charge in [0, 0.05) is 22.9 Å². The zero-order valence-electron chi connectivity index (χ0n) is 18.2. The van der Waals surface area contributed by atoms with Gasteiger partial charge in [-0.25, -0.2) is 9.18 Å². The molecule has 1 heterocycles. The van der Waals surface area contributed by atoms with Crippen molar-refractivity contribution < 1.29 is 27.8 Å². The minimum absolute atomic E-state index is 0.0235. The summed E-state index contributed by atoms with van der Waals surface area (Å²) in [6.07, 6.45) is 0. The zero-order chi connectivity index (χ0) is 23.5. The Bertz CT molecular complexity index is 1370. The van der Waals surface area contributed by atoms with Crippen molar-refractivity contribution in [2.75, 3.05) is 26.6 Å². The molecule has 4 rings (SSSR count). The molecule has 33 heavy (non-hydrogen) atoms. The summed E-state index contributed by atoms with van der Waals surface area (Å²) in [6.45, 7) is 0.0235. The normalized spacial score (nSPS) is 10.8. The highest BCUT2D eigenvalue weighted by molar-refractivity contribution is 6.05. The molecule has 0 saturated carbocycles. The smallest absolute Gasteiger partial charge is 0.420 e. The Morgan fingerprint density at radius 1 is 1.00 bits per heavy atom. The molecule has 1 N–H and O–H groups in total. The molecule has 1 amide bonds. The lowest BCUT2D eigenvalue weighted by Crippen LogP contribution is -2.15. The van der Waals surface area contributed by atoms with Gasteiger partial charge in [-0.2, -0.15) is 0 Å². The summed E-state index contributed by atoms with van der Waals surface area (Å²) in [5.74, 6) is -0.408. The molecule has 0 bridgehead atoms. The number of ether oxygens (including phenoxy) is 3. The van der Waals surface area contributed by atoms with E-state index in [1.165, 1.54) is 50.2 Å². The fraction of sp³-hybridized carbons (Fsp3) is 0.167. The number of hydrogen-bond donors (Lipinski definition) is 1. The van der Waals surface area contributed by atoms with Crippen LogP contribution in [0.15, 0.2) is 63.8 Å². The molecule has 4 aromatic rings. The van der Waals surface area contributed by atoms with E-state index in [0.717, 1.165) is 0 Å². The molecule has 8 nitrogen and oxygen atoms in total. The average molecular weight is 452 g/mol. The molecular weight excluding hydrogens is 431 g/mol. The fourth-order valence-corrected chi connectivity index (χ4v) is 3.51. The van der Waals surface area contributed by atoms with Crippen LogP contribution in [0, 0.1) is 5.82 Å². The highest BCUT2D eigenvalue weighted by Gasteiger charge is 2.18. The van der Waals surface area contributed by atoms with E-state index in [-0.39, 0.29) is 17.7 Å². The Labute approximate surface area is 188 Å². The number of methoxy groups -OCH3 is 3. The minimum atomic E-state index is -0.624. The van der Waals surface area contributed by atoms with E-state index in [9.17, 15) is 14.0 Å². The van der Waals surface area contributed by atoms with Crippen LogP contribution in [0.5, 0.6) is 17.2 Å². The molecular formula is C24H21FN2O6. The summed E-state index contributed by atoms with van der Waals surface area (Å²) < 4.78 is 36.5. The predicted octanol–water partition coefficient (Wildman–Crippen LogP) is 4.06. The summed E-state index contributed by atoms with van der Waals surface area (Å²) in [5.41, 5.74) is 1.80. The van der Waals surface area contributed by atoms with Crippen molar-refractivity contribution in [3.8, 4) is 17.2 Å². The van der Waals surface area contributed by atoms with Gasteiger partial charge in [0.15, 0.2) is 17.1 Å². The van der Waals surface area contributed by atoms with Crippen LogP contribution in [0.4, 0.5) is 10.1 Å². The van der Waals surface area contributed by atoms with E-state index in [2.05, 4.69) is 5.32 Å². The van der Waals surface area contributed by atoms with Crippen molar-refractivity contribution in [1.82, 2.24) is 4.57 Å². The zero-order valence-corrected chi connectivity index (χ0v) is 18.2. The van der Waals surface area contributed by atoms with Gasteiger partial charge in [0.05, 0.1) is 33.4 Å². The topological polar surface area (TPSA) is 91.9 Å². The largest absolute Gasteiger partial charge is 0.493 e. The van der Waals surface area contributed by atoms with Gasteiger partial charge >= 0.3 is 5.76 Å². The number of nitrogens with zero attached hydrogens (tertiary/aromatic N) is 1. The van der Waals surface area contributed by atoms with Crippen molar-refractivity contribution >= 4 is 22.7 Å². The number of hydrogen-bond acceptors (Lipinski definition) is 6. The van der Waals surface area contributed by atoms with Crippen LogP contribution in [0.25, 0.3) is 11.1 Å². The standard InChI is InChI=1S/C24H21FN2O6/c1-30-20-10-15(11-21(31-2)22(20)32-3)23(28)26-16-8-9-18-19(12-16)33-24(29)27(18)13-14-6-4-5-7-17(14)25/h4-12H,13H2,1-3H3,(H,26,28). The Kier molecular flexibility index (Phi) is 6.03. The SMILES string of the molecule is COc1cc(C(=O)Nc2ccc3c(c2)oc(=O)n3Cc2ccccc2F)cc(OC)c1OC. The number of carbonyl (C=O) groups excluding carboxylic acids is 1. The van der Waals surface area contributed by atoms with Crippen LogP contribution < -0.4 is 25.3 Å². The molecule has 0 fully saturated rings. The number of halogens is 1. The van der Waals surface area contributed by atoms with E-state index in [4.69, 9.17) is 18.6 Å². The van der Waals surface area contributed by atoms with Crippen LogP contribution in [0.2, 0.25) is 0 Å². The lowest BCUT2D eigenvalue weighted by Gasteiger charge is -2.14. The summed E-state index contributed by atoms with van der Waals surface area (Å²) in [7, 11) is 4.39. The average Bonchev–Trinajstić information content (AvgIpc) is 3.13. The van der Waals surface area contributed by atoms with E-state index in [0.29, 0.717) is 34.0 Å². The monoisotopic (exact) mass is 452 g/mol. The second kappa shape index (κ2) is 9.07. The third kappa shape index (κ3) is 4.25. The van der Waals surface area contributed by atoms with Gasteiger partial charge in [0.1, 0.15) is 5.82 Å². The number of rotatable bonds is 7. The van der Waals surface area contributed by atoms with E-state index >= 15 is 0 Å². The number of anilines is 1. The second-order valence-electron chi connectivity index (χ2n) is 7.10. The molecule has 0 saturated heterocycles. The summed E-state index contributed by atoms with van der Waals surface area (Å²) >= 11 is 0. The first kappa shape index (κ1) is 21.9. The van der Waals surface area contributed by atoms with Gasteiger partial charge < -0.3 is 23.9 Å². The number of fused-ring (bicyclic) bond motifs is 1. The summed E-state index contributed by atoms with van der Waals surface area (Å²) in [6, 6.07) is 14.1. The third-order valence-corrected chi connectivity index (χ3v) is 5.14. The molecule has 0 atom stereocenters. The summed E-state index contributed by atoms with van der Waals surface area (Å²) in [4.78, 5) is 25.2. The van der Waals surface area contributed by atoms with Crippen molar-refractivity contribution in [3.05, 3.63) is 82.1 Å². The predicted molar refractivity (Wildman–Crippen MR) is 120 cm³/mol. The molecule has 0 spiro atoms. The molecule has 0 aliphatic rings. The van der Waals surface area contributed by atoms with Gasteiger partial charge in [0.25, 0.3) is 5.91 Å². The van der Waals surface area contributed by atoms with Crippen molar-refractivity contribution in [3.63, 3.8) is 0 Å². The van der Waals surface area contributed by atoms with Gasteiger partial charge in [-0.05, 0) is 30.3 Å². The lowest BCUT2D eigenvalue weighted by atomic mass is 10.1. The molecule has 0 radical (unpaired) electrons.